The molecule has 0 bridgehead atoms. The van der Waals surface area contributed by atoms with Gasteiger partial charge in [0.15, 0.2) is 5.82 Å². The SMILES string of the molecule is C1CNc2n[nH]c(C3CCOCC3)c2C1.Cl. The predicted octanol–water partition coefficient (Wildman–Crippen LogP) is 2.08. The summed E-state index contributed by atoms with van der Waals surface area (Å²) in [7, 11) is 0. The van der Waals surface area contributed by atoms with Crippen molar-refractivity contribution in [1.82, 2.24) is 10.2 Å². The third-order valence-corrected chi connectivity index (χ3v) is 3.42. The number of H-pyrrole nitrogens is 1. The Morgan fingerprint density at radius 3 is 2.88 bits per heavy atom. The summed E-state index contributed by atoms with van der Waals surface area (Å²) in [6.07, 6.45) is 4.66. The summed E-state index contributed by atoms with van der Waals surface area (Å²) in [5.41, 5.74) is 2.79. The fourth-order valence-electron chi connectivity index (χ4n) is 2.57. The highest BCUT2D eigenvalue weighted by Crippen LogP contribution is 2.32. The van der Waals surface area contributed by atoms with Gasteiger partial charge in [-0.05, 0) is 25.7 Å². The molecular formula is C11H18ClN3O. The maximum Gasteiger partial charge on any atom is 0.151 e. The molecule has 1 aromatic heterocycles. The van der Waals surface area contributed by atoms with Crippen LogP contribution in [0.5, 0.6) is 0 Å². The monoisotopic (exact) mass is 243 g/mol. The molecule has 1 saturated heterocycles. The van der Waals surface area contributed by atoms with Gasteiger partial charge >= 0.3 is 0 Å². The van der Waals surface area contributed by atoms with Gasteiger partial charge in [0.25, 0.3) is 0 Å². The molecule has 16 heavy (non-hydrogen) atoms. The van der Waals surface area contributed by atoms with Gasteiger partial charge in [-0.1, -0.05) is 0 Å². The topological polar surface area (TPSA) is 49.9 Å². The zero-order valence-corrected chi connectivity index (χ0v) is 10.1. The number of anilines is 1. The first-order valence-corrected chi connectivity index (χ1v) is 5.84. The lowest BCUT2D eigenvalue weighted by molar-refractivity contribution is 0.0843. The van der Waals surface area contributed by atoms with E-state index in [1.165, 1.54) is 24.1 Å². The number of aromatic amines is 1. The number of fused-ring (bicyclic) bond motifs is 1. The molecule has 3 rings (SSSR count). The minimum absolute atomic E-state index is 0. The largest absolute Gasteiger partial charge is 0.381 e. The van der Waals surface area contributed by atoms with Crippen LogP contribution in [-0.2, 0) is 11.2 Å². The van der Waals surface area contributed by atoms with E-state index in [1.54, 1.807) is 0 Å². The van der Waals surface area contributed by atoms with Crippen molar-refractivity contribution in [2.75, 3.05) is 25.1 Å². The summed E-state index contributed by atoms with van der Waals surface area (Å²) in [6, 6.07) is 0. The molecule has 0 aliphatic carbocycles. The number of rotatable bonds is 1. The Labute approximate surface area is 102 Å². The van der Waals surface area contributed by atoms with Gasteiger partial charge in [0, 0.05) is 36.9 Å². The summed E-state index contributed by atoms with van der Waals surface area (Å²) < 4.78 is 5.39. The molecule has 4 nitrogen and oxygen atoms in total. The van der Waals surface area contributed by atoms with Gasteiger partial charge in [-0.15, -0.1) is 12.4 Å². The number of hydrogen-bond acceptors (Lipinski definition) is 3. The summed E-state index contributed by atoms with van der Waals surface area (Å²) in [5.74, 6) is 1.72. The van der Waals surface area contributed by atoms with E-state index in [4.69, 9.17) is 4.74 Å². The molecule has 0 unspecified atom stereocenters. The Balaban J connectivity index is 0.000000963. The van der Waals surface area contributed by atoms with Crippen molar-refractivity contribution < 1.29 is 4.74 Å². The lowest BCUT2D eigenvalue weighted by Gasteiger charge is -2.23. The first kappa shape index (κ1) is 11.7. The first-order chi connectivity index (χ1) is 7.45. The molecule has 1 aromatic rings. The van der Waals surface area contributed by atoms with E-state index in [0.717, 1.165) is 38.4 Å². The smallest absolute Gasteiger partial charge is 0.151 e. The maximum atomic E-state index is 5.39. The molecule has 2 N–H and O–H groups in total. The molecule has 5 heteroatoms. The predicted molar refractivity (Wildman–Crippen MR) is 65.4 cm³/mol. The molecule has 1 fully saturated rings. The molecular weight excluding hydrogens is 226 g/mol. The van der Waals surface area contributed by atoms with Crippen LogP contribution in [0.25, 0.3) is 0 Å². The molecule has 0 radical (unpaired) electrons. The minimum Gasteiger partial charge on any atom is -0.381 e. The highest BCUT2D eigenvalue weighted by molar-refractivity contribution is 5.85. The van der Waals surface area contributed by atoms with E-state index >= 15 is 0 Å². The molecule has 0 aromatic carbocycles. The lowest BCUT2D eigenvalue weighted by atomic mass is 9.91. The number of hydrogen-bond donors (Lipinski definition) is 2. The van der Waals surface area contributed by atoms with Gasteiger partial charge in [0.1, 0.15) is 0 Å². The zero-order valence-electron chi connectivity index (χ0n) is 9.29. The summed E-state index contributed by atoms with van der Waals surface area (Å²) >= 11 is 0. The second-order valence-electron chi connectivity index (χ2n) is 4.38. The van der Waals surface area contributed by atoms with Crippen molar-refractivity contribution in [2.24, 2.45) is 0 Å². The van der Waals surface area contributed by atoms with Gasteiger partial charge < -0.3 is 10.1 Å². The van der Waals surface area contributed by atoms with Crippen LogP contribution < -0.4 is 5.32 Å². The second kappa shape index (κ2) is 5.06. The molecule has 90 valence electrons. The normalized spacial score (nSPS) is 20.8. The highest BCUT2D eigenvalue weighted by atomic mass is 35.5. The van der Waals surface area contributed by atoms with Crippen LogP contribution in [0.3, 0.4) is 0 Å². The number of nitrogens with one attached hydrogen (secondary N) is 2. The van der Waals surface area contributed by atoms with Crippen LogP contribution in [0.4, 0.5) is 5.82 Å². The average Bonchev–Trinajstić information content (AvgIpc) is 2.74. The van der Waals surface area contributed by atoms with E-state index in [1.807, 2.05) is 0 Å². The van der Waals surface area contributed by atoms with Gasteiger partial charge in [-0.3, -0.25) is 5.10 Å². The van der Waals surface area contributed by atoms with Crippen molar-refractivity contribution in [3.05, 3.63) is 11.3 Å². The van der Waals surface area contributed by atoms with E-state index in [0.29, 0.717) is 5.92 Å². The van der Waals surface area contributed by atoms with Crippen LogP contribution >= 0.6 is 12.4 Å². The Morgan fingerprint density at radius 2 is 2.06 bits per heavy atom. The van der Waals surface area contributed by atoms with Crippen molar-refractivity contribution in [1.29, 1.82) is 0 Å². The fourth-order valence-corrected chi connectivity index (χ4v) is 2.57. The van der Waals surface area contributed by atoms with Crippen LogP contribution in [0.2, 0.25) is 0 Å². The zero-order chi connectivity index (χ0) is 10.1. The first-order valence-electron chi connectivity index (χ1n) is 5.84. The molecule has 0 spiro atoms. The average molecular weight is 244 g/mol. The maximum absolute atomic E-state index is 5.39. The van der Waals surface area contributed by atoms with Crippen LogP contribution in [0.1, 0.15) is 36.4 Å². The standard InChI is InChI=1S/C11H17N3O.ClH/c1-2-9-10(8-3-6-15-7-4-8)13-14-11(9)12-5-1;/h8H,1-7H2,(H2,12,13,14);1H. The molecule has 0 saturated carbocycles. The fraction of sp³-hybridized carbons (Fsp3) is 0.727. The van der Waals surface area contributed by atoms with Crippen molar-refractivity contribution >= 4 is 18.2 Å². The van der Waals surface area contributed by atoms with Crippen LogP contribution in [-0.4, -0.2) is 30.0 Å². The third-order valence-electron chi connectivity index (χ3n) is 3.42. The lowest BCUT2D eigenvalue weighted by Crippen LogP contribution is -2.17. The summed E-state index contributed by atoms with van der Waals surface area (Å²) in [5, 5.41) is 10.9. The molecule has 0 atom stereocenters. The number of halogens is 1. The van der Waals surface area contributed by atoms with Crippen molar-refractivity contribution in [3.8, 4) is 0 Å². The quantitative estimate of drug-likeness (QED) is 0.794. The Morgan fingerprint density at radius 1 is 1.25 bits per heavy atom. The van der Waals surface area contributed by atoms with Crippen molar-refractivity contribution in [3.63, 3.8) is 0 Å². The minimum atomic E-state index is 0. The van der Waals surface area contributed by atoms with Crippen LogP contribution in [0, 0.1) is 0 Å². The van der Waals surface area contributed by atoms with Crippen LogP contribution in [0.15, 0.2) is 0 Å². The number of ether oxygens (including phenoxy) is 1. The third kappa shape index (κ3) is 2.04. The van der Waals surface area contributed by atoms with E-state index in [-0.39, 0.29) is 12.4 Å². The Kier molecular flexibility index (Phi) is 3.71. The number of nitrogens with zero attached hydrogens (tertiary/aromatic N) is 1. The molecule has 3 heterocycles. The number of aromatic nitrogens is 2. The van der Waals surface area contributed by atoms with Gasteiger partial charge in [0.05, 0.1) is 0 Å². The summed E-state index contributed by atoms with van der Waals surface area (Å²) in [6.45, 7) is 2.85. The molecule has 0 amide bonds. The van der Waals surface area contributed by atoms with Gasteiger partial charge in [0.2, 0.25) is 0 Å². The Bertz CT molecular complexity index is 347. The van der Waals surface area contributed by atoms with E-state index < -0.39 is 0 Å². The second-order valence-corrected chi connectivity index (χ2v) is 4.38. The summed E-state index contributed by atoms with van der Waals surface area (Å²) in [4.78, 5) is 0. The van der Waals surface area contributed by atoms with Crippen molar-refractivity contribution in [2.45, 2.75) is 31.6 Å². The molecule has 2 aliphatic rings. The van der Waals surface area contributed by atoms with Gasteiger partial charge in [-0.2, -0.15) is 5.10 Å². The van der Waals surface area contributed by atoms with E-state index in [2.05, 4.69) is 15.5 Å². The van der Waals surface area contributed by atoms with Gasteiger partial charge in [-0.25, -0.2) is 0 Å². The van der Waals surface area contributed by atoms with E-state index in [9.17, 15) is 0 Å². The Hall–Kier alpha value is -0.740. The highest BCUT2D eigenvalue weighted by Gasteiger charge is 2.24. The molecule has 2 aliphatic heterocycles.